The van der Waals surface area contributed by atoms with Crippen LogP contribution in [0.3, 0.4) is 0 Å². The lowest BCUT2D eigenvalue weighted by atomic mass is 10.1. The van der Waals surface area contributed by atoms with Crippen LogP contribution in [0.15, 0.2) is 17.0 Å². The highest BCUT2D eigenvalue weighted by molar-refractivity contribution is 8.03. The molecule has 7 nitrogen and oxygen atoms in total. The Balaban J connectivity index is 3.46. The molecule has 8 heteroatoms. The molecule has 1 aromatic carbocycles. The lowest BCUT2D eigenvalue weighted by Crippen LogP contribution is -1.98. The van der Waals surface area contributed by atoms with E-state index in [2.05, 4.69) is 0 Å². The molecule has 0 heterocycles. The van der Waals surface area contributed by atoms with Crippen LogP contribution in [-0.2, 0) is 0 Å². The predicted octanol–water partition coefficient (Wildman–Crippen LogP) is 2.38. The Morgan fingerprint density at radius 3 is 2.00 bits per heavy atom. The number of thioether (sulfide) groups is 1. The molecule has 0 aliphatic carbocycles. The minimum Gasteiger partial charge on any atom is -0.258 e. The number of thiocyanates is 1. The lowest BCUT2D eigenvalue weighted by Gasteiger charge is -2.00. The van der Waals surface area contributed by atoms with Gasteiger partial charge in [-0.15, -0.1) is 0 Å². The highest BCUT2D eigenvalue weighted by Crippen LogP contribution is 2.33. The summed E-state index contributed by atoms with van der Waals surface area (Å²) in [7, 11) is 0. The van der Waals surface area contributed by atoms with Gasteiger partial charge in [-0.1, -0.05) is 0 Å². The third-order valence-electron chi connectivity index (χ3n) is 1.88. The van der Waals surface area contributed by atoms with Gasteiger partial charge in [0, 0.05) is 17.0 Å². The van der Waals surface area contributed by atoms with E-state index in [1.807, 2.05) is 0 Å². The van der Waals surface area contributed by atoms with Crippen molar-refractivity contribution in [1.29, 1.82) is 5.26 Å². The quantitative estimate of drug-likeness (QED) is 0.346. The van der Waals surface area contributed by atoms with Crippen LogP contribution in [0.1, 0.15) is 5.56 Å². The number of rotatable bonds is 3. The molecule has 0 saturated carbocycles. The van der Waals surface area contributed by atoms with Gasteiger partial charge in [-0.25, -0.2) is 0 Å². The maximum Gasteiger partial charge on any atom is 0.280 e. The van der Waals surface area contributed by atoms with E-state index in [0.717, 1.165) is 12.1 Å². The third-order valence-corrected chi connectivity index (χ3v) is 2.45. The van der Waals surface area contributed by atoms with Crippen LogP contribution in [0.4, 0.5) is 11.4 Å². The highest BCUT2D eigenvalue weighted by atomic mass is 32.2. The highest BCUT2D eigenvalue weighted by Gasteiger charge is 2.23. The summed E-state index contributed by atoms with van der Waals surface area (Å²) in [6.07, 6.45) is 0. The summed E-state index contributed by atoms with van der Waals surface area (Å²) in [5, 5.41) is 31.4. The first kappa shape index (κ1) is 11.9. The van der Waals surface area contributed by atoms with Gasteiger partial charge in [0.05, 0.1) is 9.85 Å². The molecule has 0 aromatic heterocycles. The molecule has 0 spiro atoms. The fourth-order valence-corrected chi connectivity index (χ4v) is 1.60. The molecule has 16 heavy (non-hydrogen) atoms. The standard InChI is InChI=1S/C8H5N3O4S/c1-5-7(10(12)13)2-6(16-4-9)3-8(5)11(14)15/h2-3H,1H3. The van der Waals surface area contributed by atoms with Crippen molar-refractivity contribution < 1.29 is 9.85 Å². The SMILES string of the molecule is Cc1c([N+](=O)[O-])cc(SC#N)cc1[N+](=O)[O-]. The second kappa shape index (κ2) is 4.59. The number of hydrogen-bond acceptors (Lipinski definition) is 6. The van der Waals surface area contributed by atoms with Crippen molar-refractivity contribution in [3.05, 3.63) is 37.9 Å². The summed E-state index contributed by atoms with van der Waals surface area (Å²) >= 11 is 0.644. The smallest absolute Gasteiger partial charge is 0.258 e. The number of nitrogens with zero attached hydrogens (tertiary/aromatic N) is 3. The molecule has 0 aliphatic heterocycles. The summed E-state index contributed by atoms with van der Waals surface area (Å²) in [5.41, 5.74) is -0.726. The molecule has 1 aromatic rings. The van der Waals surface area contributed by atoms with Crippen LogP contribution < -0.4 is 0 Å². The Bertz CT molecular complexity index is 473. The summed E-state index contributed by atoms with van der Waals surface area (Å²) in [4.78, 5) is 20.1. The number of nitro groups is 2. The van der Waals surface area contributed by atoms with E-state index in [9.17, 15) is 20.2 Å². The molecule has 0 bridgehead atoms. The zero-order valence-corrected chi connectivity index (χ0v) is 8.85. The second-order valence-corrected chi connectivity index (χ2v) is 3.65. The van der Waals surface area contributed by atoms with E-state index in [1.165, 1.54) is 6.92 Å². The number of hydrogen-bond donors (Lipinski definition) is 0. The van der Waals surface area contributed by atoms with Crippen LogP contribution in [0.25, 0.3) is 0 Å². The molecule has 0 radical (unpaired) electrons. The van der Waals surface area contributed by atoms with E-state index in [0.29, 0.717) is 11.8 Å². The van der Waals surface area contributed by atoms with E-state index in [-0.39, 0.29) is 21.8 Å². The summed E-state index contributed by atoms with van der Waals surface area (Å²) < 4.78 is 0. The number of nitro benzene ring substituents is 2. The zero-order valence-electron chi connectivity index (χ0n) is 8.04. The topological polar surface area (TPSA) is 110 Å². The Hall–Kier alpha value is -2.14. The van der Waals surface area contributed by atoms with Crippen LogP contribution in [0.2, 0.25) is 0 Å². The largest absolute Gasteiger partial charge is 0.280 e. The molecule has 0 saturated heterocycles. The van der Waals surface area contributed by atoms with Crippen molar-refractivity contribution in [3.8, 4) is 5.40 Å². The maximum atomic E-state index is 10.6. The van der Waals surface area contributed by atoms with Crippen molar-refractivity contribution in [1.82, 2.24) is 0 Å². The number of nitriles is 1. The monoisotopic (exact) mass is 239 g/mol. The first-order chi connectivity index (χ1) is 7.47. The molecule has 0 unspecified atom stereocenters. The van der Waals surface area contributed by atoms with Gasteiger partial charge in [-0.2, -0.15) is 5.26 Å². The van der Waals surface area contributed by atoms with Gasteiger partial charge in [0.1, 0.15) is 11.0 Å². The fourth-order valence-electron chi connectivity index (χ4n) is 1.15. The van der Waals surface area contributed by atoms with Gasteiger partial charge < -0.3 is 0 Å². The summed E-state index contributed by atoms with van der Waals surface area (Å²) in [5.74, 6) is 0. The minimum atomic E-state index is -0.705. The first-order valence-electron chi connectivity index (χ1n) is 3.96. The van der Waals surface area contributed by atoms with Gasteiger partial charge in [0.15, 0.2) is 0 Å². The molecule has 1 rings (SSSR count). The molecular weight excluding hydrogens is 234 g/mol. The van der Waals surface area contributed by atoms with Crippen molar-refractivity contribution in [2.24, 2.45) is 0 Å². The Morgan fingerprint density at radius 2 is 1.69 bits per heavy atom. The van der Waals surface area contributed by atoms with Crippen molar-refractivity contribution in [3.63, 3.8) is 0 Å². The minimum absolute atomic E-state index is 0.0164. The van der Waals surface area contributed by atoms with Crippen molar-refractivity contribution in [2.75, 3.05) is 0 Å². The van der Waals surface area contributed by atoms with E-state index in [4.69, 9.17) is 5.26 Å². The van der Waals surface area contributed by atoms with Crippen LogP contribution in [0.5, 0.6) is 0 Å². The van der Waals surface area contributed by atoms with Crippen LogP contribution in [-0.4, -0.2) is 9.85 Å². The average molecular weight is 239 g/mol. The van der Waals surface area contributed by atoms with Crippen LogP contribution >= 0.6 is 11.8 Å². The molecule has 0 amide bonds. The number of benzene rings is 1. The maximum absolute atomic E-state index is 10.6. The first-order valence-corrected chi connectivity index (χ1v) is 4.78. The Labute approximate surface area is 94.0 Å². The van der Waals surface area contributed by atoms with Crippen molar-refractivity contribution >= 4 is 23.1 Å². The van der Waals surface area contributed by atoms with Crippen molar-refractivity contribution in [2.45, 2.75) is 11.8 Å². The van der Waals surface area contributed by atoms with E-state index in [1.54, 1.807) is 5.40 Å². The van der Waals surface area contributed by atoms with Gasteiger partial charge in [0.25, 0.3) is 11.4 Å². The average Bonchev–Trinajstić information content (AvgIpc) is 2.19. The van der Waals surface area contributed by atoms with Gasteiger partial charge in [-0.05, 0) is 18.7 Å². The molecular formula is C8H5N3O4S. The fraction of sp³-hybridized carbons (Fsp3) is 0.125. The molecule has 0 N–H and O–H groups in total. The van der Waals surface area contributed by atoms with Gasteiger partial charge in [0.2, 0.25) is 0 Å². The summed E-state index contributed by atoms with van der Waals surface area (Å²) in [6, 6.07) is 2.30. The molecule has 82 valence electrons. The molecule has 0 aliphatic rings. The lowest BCUT2D eigenvalue weighted by molar-refractivity contribution is -0.395. The Morgan fingerprint density at radius 1 is 1.25 bits per heavy atom. The van der Waals surface area contributed by atoms with E-state index >= 15 is 0 Å². The van der Waals surface area contributed by atoms with Gasteiger partial charge in [-0.3, -0.25) is 20.2 Å². The molecule has 0 fully saturated rings. The zero-order chi connectivity index (χ0) is 12.3. The normalized spacial score (nSPS) is 9.50. The third kappa shape index (κ3) is 2.26. The van der Waals surface area contributed by atoms with Crippen LogP contribution in [0, 0.1) is 37.8 Å². The predicted molar refractivity (Wildman–Crippen MR) is 56.0 cm³/mol. The Kier molecular flexibility index (Phi) is 3.42. The molecule has 0 atom stereocenters. The van der Waals surface area contributed by atoms with Gasteiger partial charge >= 0.3 is 0 Å². The summed E-state index contributed by atoms with van der Waals surface area (Å²) in [6.45, 7) is 1.30. The second-order valence-electron chi connectivity index (χ2n) is 2.79. The van der Waals surface area contributed by atoms with E-state index < -0.39 is 9.85 Å².